The zero-order chi connectivity index (χ0) is 41.6. The molecule has 0 atom stereocenters. The van der Waals surface area contributed by atoms with Crippen molar-refractivity contribution in [1.82, 2.24) is 9.55 Å². The first-order chi connectivity index (χ1) is 29.3. The SMILES string of the molecule is CC(C)(C)c1ccc(Nc2cc3c(cc2-c2ccc4c5cc6oc7ccccc7c6cc5n5c4c2Bc2cc4nc(-c6ccccc6)oc4cc2-5)C(C)(C)CCC3(C)C)cc1. The molecule has 0 saturated heterocycles. The van der Waals surface area contributed by atoms with E-state index < -0.39 is 0 Å². The van der Waals surface area contributed by atoms with Crippen LogP contribution in [0.1, 0.15) is 78.0 Å². The van der Waals surface area contributed by atoms with Gasteiger partial charge in [-0.15, -0.1) is 0 Å². The first kappa shape index (κ1) is 36.3. The minimum absolute atomic E-state index is 0.0429. The Kier molecular flexibility index (Phi) is 7.45. The summed E-state index contributed by atoms with van der Waals surface area (Å²) in [7, 11) is 0.756. The average Bonchev–Trinajstić information content (AvgIpc) is 3.93. The second-order valence-corrected chi connectivity index (χ2v) is 20.0. The van der Waals surface area contributed by atoms with Gasteiger partial charge in [-0.1, -0.05) is 115 Å². The number of nitrogens with zero attached hydrogens (tertiary/aromatic N) is 2. The lowest BCUT2D eigenvalue weighted by molar-refractivity contribution is 0.332. The minimum atomic E-state index is 0.0429. The third-order valence-corrected chi connectivity index (χ3v) is 14.1. The van der Waals surface area contributed by atoms with Gasteiger partial charge in [0.05, 0.1) is 5.52 Å². The third-order valence-electron chi connectivity index (χ3n) is 14.1. The Bertz CT molecular complexity index is 3450. The Morgan fingerprint density at radius 2 is 1.38 bits per heavy atom. The highest BCUT2D eigenvalue weighted by atomic mass is 16.3. The maximum atomic E-state index is 6.54. The van der Waals surface area contributed by atoms with Gasteiger partial charge in [-0.25, -0.2) is 4.98 Å². The van der Waals surface area contributed by atoms with Crippen LogP contribution in [-0.4, -0.2) is 16.8 Å². The fraction of sp³-hybridized carbons (Fsp3) is 0.218. The number of furan rings is 1. The van der Waals surface area contributed by atoms with Gasteiger partial charge in [0, 0.05) is 61.3 Å². The Labute approximate surface area is 356 Å². The first-order valence-electron chi connectivity index (χ1n) is 21.8. The van der Waals surface area contributed by atoms with Crippen LogP contribution in [0.3, 0.4) is 0 Å². The van der Waals surface area contributed by atoms with Crippen molar-refractivity contribution < 1.29 is 8.83 Å². The molecule has 298 valence electrons. The summed E-state index contributed by atoms with van der Waals surface area (Å²) in [5.74, 6) is 0.635. The van der Waals surface area contributed by atoms with Gasteiger partial charge in [0.25, 0.3) is 0 Å². The van der Waals surface area contributed by atoms with Crippen LogP contribution in [-0.2, 0) is 16.2 Å². The fourth-order valence-electron chi connectivity index (χ4n) is 10.5. The normalized spacial score (nSPS) is 15.4. The number of hydrogen-bond acceptors (Lipinski definition) is 4. The molecule has 0 radical (unpaired) electrons. The molecule has 0 amide bonds. The number of oxazole rings is 1. The van der Waals surface area contributed by atoms with E-state index >= 15 is 0 Å². The Morgan fingerprint density at radius 3 is 2.15 bits per heavy atom. The van der Waals surface area contributed by atoms with Gasteiger partial charge >= 0.3 is 0 Å². The molecular formula is C55H48BN3O2. The summed E-state index contributed by atoms with van der Waals surface area (Å²) in [6, 6.07) is 46.4. The van der Waals surface area contributed by atoms with Crippen LogP contribution < -0.4 is 16.2 Å². The summed E-state index contributed by atoms with van der Waals surface area (Å²) in [5.41, 5.74) is 19.6. The molecule has 2 aliphatic rings. The summed E-state index contributed by atoms with van der Waals surface area (Å²) in [6.45, 7) is 16.5. The highest BCUT2D eigenvalue weighted by molar-refractivity contribution is 6.73. The van der Waals surface area contributed by atoms with Crippen LogP contribution in [0, 0.1) is 0 Å². The fourth-order valence-corrected chi connectivity index (χ4v) is 10.5. The number of rotatable bonds is 4. The van der Waals surface area contributed by atoms with Gasteiger partial charge in [-0.2, -0.15) is 0 Å². The molecule has 7 aromatic carbocycles. The lowest BCUT2D eigenvalue weighted by atomic mass is 9.58. The molecule has 61 heavy (non-hydrogen) atoms. The molecule has 1 N–H and O–H groups in total. The smallest absolute Gasteiger partial charge is 0.227 e. The Morgan fingerprint density at radius 1 is 0.639 bits per heavy atom. The molecule has 1 aliphatic heterocycles. The Hall–Kier alpha value is -6.53. The van der Waals surface area contributed by atoms with Crippen LogP contribution in [0.15, 0.2) is 136 Å². The molecule has 6 heteroatoms. The van der Waals surface area contributed by atoms with Gasteiger partial charge in [0.1, 0.15) is 16.7 Å². The largest absolute Gasteiger partial charge is 0.456 e. The number of nitrogens with one attached hydrogen (secondary N) is 1. The maximum Gasteiger partial charge on any atom is 0.227 e. The molecule has 5 nitrogen and oxygen atoms in total. The standard InChI is InChI=1S/C55H48BN3O2/c1-53(2,3)32-17-19-33(20-18-32)57-43-28-41-40(54(4,5)23-24-55(41,6)7)25-37(43)35-21-22-36-38-27-48-39(34-15-11-12-16-47(34)60-48)26-45(38)59-46-30-49-44(29-42(46)56-50(35)51(36)59)58-52(61-49)31-13-9-8-10-14-31/h8-22,25-30,56-57H,23-24H2,1-7H3. The molecule has 0 spiro atoms. The zero-order valence-electron chi connectivity index (χ0n) is 36.0. The maximum absolute atomic E-state index is 6.54. The topological polar surface area (TPSA) is 56.1 Å². The number of aromatic nitrogens is 2. The minimum Gasteiger partial charge on any atom is -0.456 e. The van der Waals surface area contributed by atoms with Crippen molar-refractivity contribution in [1.29, 1.82) is 0 Å². The van der Waals surface area contributed by atoms with Crippen LogP contribution in [0.2, 0.25) is 0 Å². The van der Waals surface area contributed by atoms with Crippen LogP contribution >= 0.6 is 0 Å². The predicted molar refractivity (Wildman–Crippen MR) is 257 cm³/mol. The van der Waals surface area contributed by atoms with Crippen LogP contribution in [0.4, 0.5) is 11.4 Å². The summed E-state index contributed by atoms with van der Waals surface area (Å²) in [5, 5.41) is 8.61. The molecular weight excluding hydrogens is 745 g/mol. The van der Waals surface area contributed by atoms with E-state index in [2.05, 4.69) is 161 Å². The van der Waals surface area contributed by atoms with E-state index in [4.69, 9.17) is 13.8 Å². The molecule has 10 aromatic rings. The lowest BCUT2D eigenvalue weighted by Gasteiger charge is -2.42. The molecule has 0 saturated carbocycles. The van der Waals surface area contributed by atoms with Crippen molar-refractivity contribution in [2.45, 2.75) is 77.6 Å². The summed E-state index contributed by atoms with van der Waals surface area (Å²) in [4.78, 5) is 5.06. The van der Waals surface area contributed by atoms with E-state index in [1.807, 2.05) is 24.3 Å². The number of benzene rings is 7. The number of hydrogen-bond donors (Lipinski definition) is 1. The molecule has 0 unspecified atom stereocenters. The lowest BCUT2D eigenvalue weighted by Crippen LogP contribution is -2.37. The highest BCUT2D eigenvalue weighted by Crippen LogP contribution is 2.50. The van der Waals surface area contributed by atoms with Gasteiger partial charge in [-0.05, 0) is 117 Å². The van der Waals surface area contributed by atoms with Gasteiger partial charge in [0.15, 0.2) is 12.9 Å². The van der Waals surface area contributed by atoms with Crippen molar-refractivity contribution in [3.63, 3.8) is 0 Å². The number of fused-ring (bicyclic) bond motifs is 10. The van der Waals surface area contributed by atoms with E-state index in [1.165, 1.54) is 55.0 Å². The van der Waals surface area contributed by atoms with Gasteiger partial charge in [0.2, 0.25) is 5.89 Å². The number of anilines is 2. The van der Waals surface area contributed by atoms with Crippen molar-refractivity contribution >= 4 is 84.4 Å². The highest BCUT2D eigenvalue weighted by Gasteiger charge is 2.38. The van der Waals surface area contributed by atoms with E-state index in [9.17, 15) is 0 Å². The summed E-state index contributed by atoms with van der Waals surface area (Å²) < 4.78 is 15.5. The van der Waals surface area contributed by atoms with Crippen molar-refractivity contribution in [3.05, 3.63) is 144 Å². The van der Waals surface area contributed by atoms with Gasteiger partial charge in [-0.3, -0.25) is 0 Å². The van der Waals surface area contributed by atoms with E-state index in [1.54, 1.807) is 0 Å². The van der Waals surface area contributed by atoms with E-state index in [0.29, 0.717) is 5.89 Å². The molecule has 12 rings (SSSR count). The van der Waals surface area contributed by atoms with Crippen molar-refractivity contribution in [2.24, 2.45) is 0 Å². The van der Waals surface area contributed by atoms with Crippen LogP contribution in [0.25, 0.3) is 83.1 Å². The molecule has 3 aromatic heterocycles. The second kappa shape index (κ2) is 12.5. The molecule has 4 heterocycles. The summed E-state index contributed by atoms with van der Waals surface area (Å²) in [6.07, 6.45) is 2.30. The second-order valence-electron chi connectivity index (χ2n) is 20.0. The molecule has 1 aliphatic carbocycles. The predicted octanol–water partition coefficient (Wildman–Crippen LogP) is 13.2. The molecule has 0 bridgehead atoms. The van der Waals surface area contributed by atoms with E-state index in [-0.39, 0.29) is 16.2 Å². The van der Waals surface area contributed by atoms with Gasteiger partial charge < -0.3 is 18.7 Å². The first-order valence-corrected chi connectivity index (χ1v) is 21.8. The van der Waals surface area contributed by atoms with Crippen molar-refractivity contribution in [3.8, 4) is 28.3 Å². The zero-order valence-corrected chi connectivity index (χ0v) is 36.0. The number of para-hydroxylation sites is 1. The van der Waals surface area contributed by atoms with Crippen LogP contribution in [0.5, 0.6) is 0 Å². The summed E-state index contributed by atoms with van der Waals surface area (Å²) >= 11 is 0. The Balaban J connectivity index is 1.14. The monoisotopic (exact) mass is 793 g/mol. The van der Waals surface area contributed by atoms with Crippen molar-refractivity contribution in [2.75, 3.05) is 5.32 Å². The average molecular weight is 794 g/mol. The third kappa shape index (κ3) is 5.50. The quantitative estimate of drug-likeness (QED) is 0.180. The molecule has 0 fully saturated rings. The van der Waals surface area contributed by atoms with E-state index in [0.717, 1.165) is 81.3 Å².